The summed E-state index contributed by atoms with van der Waals surface area (Å²) < 4.78 is 13.9. The molecule has 0 heterocycles. The van der Waals surface area contributed by atoms with Crippen LogP contribution in [0.2, 0.25) is 0 Å². The SMILES string of the molecule is CCC(C)N(CC)c1cc(C(=O)O)c(N)cc1F. The number of rotatable bonds is 5. The number of nitrogens with two attached hydrogens (primary N) is 1. The molecule has 0 radical (unpaired) electrons. The highest BCUT2D eigenvalue weighted by atomic mass is 19.1. The smallest absolute Gasteiger partial charge is 0.337 e. The fourth-order valence-electron chi connectivity index (χ4n) is 1.92. The Hall–Kier alpha value is -1.78. The summed E-state index contributed by atoms with van der Waals surface area (Å²) >= 11 is 0. The number of nitrogens with zero attached hydrogens (tertiary/aromatic N) is 1. The van der Waals surface area contributed by atoms with Gasteiger partial charge in [0.15, 0.2) is 0 Å². The lowest BCUT2D eigenvalue weighted by molar-refractivity contribution is 0.0698. The summed E-state index contributed by atoms with van der Waals surface area (Å²) in [4.78, 5) is 12.8. The lowest BCUT2D eigenvalue weighted by Gasteiger charge is -2.30. The van der Waals surface area contributed by atoms with Gasteiger partial charge in [-0.15, -0.1) is 0 Å². The second-order valence-electron chi connectivity index (χ2n) is 4.24. The number of nitrogen functional groups attached to an aromatic ring is 1. The second-order valence-corrected chi connectivity index (χ2v) is 4.24. The molecule has 0 aromatic heterocycles. The fraction of sp³-hybridized carbons (Fsp3) is 0.462. The van der Waals surface area contributed by atoms with Crippen LogP contribution in [-0.4, -0.2) is 23.7 Å². The van der Waals surface area contributed by atoms with Gasteiger partial charge in [-0.05, 0) is 32.4 Å². The van der Waals surface area contributed by atoms with Crippen molar-refractivity contribution in [1.82, 2.24) is 0 Å². The van der Waals surface area contributed by atoms with Crippen LogP contribution in [-0.2, 0) is 0 Å². The van der Waals surface area contributed by atoms with Gasteiger partial charge in [0.25, 0.3) is 0 Å². The summed E-state index contributed by atoms with van der Waals surface area (Å²) in [5.41, 5.74) is 5.68. The van der Waals surface area contributed by atoms with Crippen molar-refractivity contribution in [2.24, 2.45) is 0 Å². The zero-order chi connectivity index (χ0) is 13.9. The number of carbonyl (C=O) groups is 1. The Morgan fingerprint density at radius 3 is 2.56 bits per heavy atom. The molecule has 3 N–H and O–H groups in total. The molecular formula is C13H19FN2O2. The number of anilines is 2. The van der Waals surface area contributed by atoms with Crippen molar-refractivity contribution in [3.05, 3.63) is 23.5 Å². The molecule has 1 aromatic rings. The van der Waals surface area contributed by atoms with Crippen LogP contribution >= 0.6 is 0 Å². The molecule has 1 aromatic carbocycles. The van der Waals surface area contributed by atoms with Gasteiger partial charge in [0.05, 0.1) is 11.3 Å². The third kappa shape index (κ3) is 2.72. The Labute approximate surface area is 106 Å². The first-order valence-electron chi connectivity index (χ1n) is 6.01. The summed E-state index contributed by atoms with van der Waals surface area (Å²) in [6.07, 6.45) is 0.847. The van der Waals surface area contributed by atoms with E-state index >= 15 is 0 Å². The molecule has 0 aliphatic carbocycles. The van der Waals surface area contributed by atoms with Crippen molar-refractivity contribution >= 4 is 17.3 Å². The molecule has 0 spiro atoms. The van der Waals surface area contributed by atoms with Crippen molar-refractivity contribution < 1.29 is 14.3 Å². The third-order valence-corrected chi connectivity index (χ3v) is 3.12. The number of carboxylic acid groups (broad SMARTS) is 1. The van der Waals surface area contributed by atoms with Crippen LogP contribution in [0.15, 0.2) is 12.1 Å². The zero-order valence-electron chi connectivity index (χ0n) is 10.9. The molecule has 1 rings (SSSR count). The first-order chi connectivity index (χ1) is 8.42. The minimum absolute atomic E-state index is 0.0519. The molecule has 1 unspecified atom stereocenters. The number of benzene rings is 1. The maximum Gasteiger partial charge on any atom is 0.337 e. The Morgan fingerprint density at radius 2 is 2.11 bits per heavy atom. The van der Waals surface area contributed by atoms with Gasteiger partial charge in [-0.3, -0.25) is 0 Å². The molecule has 4 nitrogen and oxygen atoms in total. The molecule has 1 atom stereocenters. The number of carboxylic acids is 1. The Bertz CT molecular complexity index is 449. The van der Waals surface area contributed by atoms with E-state index in [1.54, 1.807) is 0 Å². The maximum atomic E-state index is 13.9. The van der Waals surface area contributed by atoms with E-state index in [0.29, 0.717) is 12.2 Å². The van der Waals surface area contributed by atoms with Gasteiger partial charge < -0.3 is 15.7 Å². The molecule has 5 heteroatoms. The molecule has 0 fully saturated rings. The van der Waals surface area contributed by atoms with E-state index < -0.39 is 11.8 Å². The van der Waals surface area contributed by atoms with Crippen LogP contribution in [0.5, 0.6) is 0 Å². The van der Waals surface area contributed by atoms with Crippen molar-refractivity contribution in [1.29, 1.82) is 0 Å². The lowest BCUT2D eigenvalue weighted by Crippen LogP contribution is -2.33. The molecule has 0 aliphatic rings. The van der Waals surface area contributed by atoms with Gasteiger partial charge in [-0.2, -0.15) is 0 Å². The van der Waals surface area contributed by atoms with Gasteiger partial charge in [0.2, 0.25) is 0 Å². The monoisotopic (exact) mass is 254 g/mol. The number of aromatic carboxylic acids is 1. The van der Waals surface area contributed by atoms with Crippen molar-refractivity contribution in [3.8, 4) is 0 Å². The normalized spacial score (nSPS) is 12.2. The first kappa shape index (κ1) is 14.3. The van der Waals surface area contributed by atoms with Crippen molar-refractivity contribution in [2.45, 2.75) is 33.2 Å². The standard InChI is InChI=1S/C13H19FN2O2/c1-4-8(3)16(5-2)12-6-9(13(17)18)11(15)7-10(12)14/h6-8H,4-5,15H2,1-3H3,(H,17,18). The predicted octanol–water partition coefficient (Wildman–Crippen LogP) is 2.73. The van der Waals surface area contributed by atoms with Crippen LogP contribution in [0.25, 0.3) is 0 Å². The quantitative estimate of drug-likeness (QED) is 0.793. The average molecular weight is 254 g/mol. The van der Waals surface area contributed by atoms with E-state index in [0.717, 1.165) is 12.5 Å². The summed E-state index contributed by atoms with van der Waals surface area (Å²) in [6.45, 7) is 6.48. The lowest BCUT2D eigenvalue weighted by atomic mass is 10.1. The highest BCUT2D eigenvalue weighted by molar-refractivity contribution is 5.95. The van der Waals surface area contributed by atoms with Crippen molar-refractivity contribution in [2.75, 3.05) is 17.2 Å². The fourth-order valence-corrected chi connectivity index (χ4v) is 1.92. The Kier molecular flexibility index (Phi) is 4.53. The number of halogens is 1. The van der Waals surface area contributed by atoms with Gasteiger partial charge in [0, 0.05) is 18.3 Å². The van der Waals surface area contributed by atoms with Crippen LogP contribution in [0.1, 0.15) is 37.6 Å². The van der Waals surface area contributed by atoms with Crippen LogP contribution in [0.3, 0.4) is 0 Å². The molecule has 0 aliphatic heterocycles. The maximum absolute atomic E-state index is 13.9. The van der Waals surface area contributed by atoms with E-state index in [2.05, 4.69) is 0 Å². The van der Waals surface area contributed by atoms with Gasteiger partial charge >= 0.3 is 5.97 Å². The molecule has 100 valence electrons. The van der Waals surface area contributed by atoms with Crippen LogP contribution in [0.4, 0.5) is 15.8 Å². The minimum Gasteiger partial charge on any atom is -0.478 e. The largest absolute Gasteiger partial charge is 0.478 e. The first-order valence-corrected chi connectivity index (χ1v) is 6.01. The van der Waals surface area contributed by atoms with E-state index in [4.69, 9.17) is 10.8 Å². The molecule has 0 amide bonds. The van der Waals surface area contributed by atoms with Gasteiger partial charge in [-0.25, -0.2) is 9.18 Å². The Morgan fingerprint density at radius 1 is 1.50 bits per heavy atom. The summed E-state index contributed by atoms with van der Waals surface area (Å²) in [5.74, 6) is -1.63. The van der Waals surface area contributed by atoms with E-state index in [9.17, 15) is 9.18 Å². The minimum atomic E-state index is -1.14. The van der Waals surface area contributed by atoms with Gasteiger partial charge in [-0.1, -0.05) is 6.92 Å². The number of hydrogen-bond acceptors (Lipinski definition) is 3. The summed E-state index contributed by atoms with van der Waals surface area (Å²) in [7, 11) is 0. The zero-order valence-corrected chi connectivity index (χ0v) is 10.9. The Balaban J connectivity index is 3.30. The molecular weight excluding hydrogens is 235 g/mol. The third-order valence-electron chi connectivity index (χ3n) is 3.12. The molecule has 18 heavy (non-hydrogen) atoms. The van der Waals surface area contributed by atoms with Crippen molar-refractivity contribution in [3.63, 3.8) is 0 Å². The molecule has 0 saturated heterocycles. The predicted molar refractivity (Wildman–Crippen MR) is 70.5 cm³/mol. The van der Waals surface area contributed by atoms with Crippen LogP contribution in [0, 0.1) is 5.82 Å². The molecule has 0 saturated carbocycles. The summed E-state index contributed by atoms with van der Waals surface area (Å²) in [6, 6.07) is 2.52. The number of hydrogen-bond donors (Lipinski definition) is 2. The topological polar surface area (TPSA) is 66.6 Å². The van der Waals surface area contributed by atoms with E-state index in [1.807, 2.05) is 25.7 Å². The van der Waals surface area contributed by atoms with E-state index in [1.165, 1.54) is 6.07 Å². The molecule has 0 bridgehead atoms. The highest BCUT2D eigenvalue weighted by Gasteiger charge is 2.19. The van der Waals surface area contributed by atoms with E-state index in [-0.39, 0.29) is 17.3 Å². The van der Waals surface area contributed by atoms with Gasteiger partial charge in [0.1, 0.15) is 5.82 Å². The van der Waals surface area contributed by atoms with Crippen LogP contribution < -0.4 is 10.6 Å². The average Bonchev–Trinajstić information content (AvgIpc) is 2.31. The highest BCUT2D eigenvalue weighted by Crippen LogP contribution is 2.27. The second kappa shape index (κ2) is 5.71. The summed E-state index contributed by atoms with van der Waals surface area (Å²) in [5, 5.41) is 9.01.